The number of pyridine rings is 1. The van der Waals surface area contributed by atoms with Crippen molar-refractivity contribution in [3.63, 3.8) is 0 Å². The molecule has 108 valence electrons. The predicted octanol–water partition coefficient (Wildman–Crippen LogP) is 2.59. The van der Waals surface area contributed by atoms with Crippen molar-refractivity contribution < 1.29 is 14.7 Å². The lowest BCUT2D eigenvalue weighted by atomic mass is 9.97. The van der Waals surface area contributed by atoms with E-state index in [4.69, 9.17) is 16.7 Å². The molecule has 6 heteroatoms. The van der Waals surface area contributed by atoms with Crippen LogP contribution in [0.15, 0.2) is 18.5 Å². The maximum absolute atomic E-state index is 12.5. The second-order valence-corrected chi connectivity index (χ2v) is 5.34. The normalized spacial score (nSPS) is 18.9. The van der Waals surface area contributed by atoms with Gasteiger partial charge in [0.2, 0.25) is 0 Å². The average Bonchev–Trinajstić information content (AvgIpc) is 2.45. The molecule has 1 saturated heterocycles. The zero-order valence-corrected chi connectivity index (χ0v) is 11.8. The molecule has 1 aromatic heterocycles. The lowest BCUT2D eigenvalue weighted by Gasteiger charge is -2.35. The number of carboxylic acids is 1. The predicted molar refractivity (Wildman–Crippen MR) is 74.8 cm³/mol. The number of hydrogen-bond acceptors (Lipinski definition) is 3. The van der Waals surface area contributed by atoms with E-state index in [0.717, 1.165) is 19.3 Å². The van der Waals surface area contributed by atoms with Crippen molar-refractivity contribution in [2.24, 2.45) is 0 Å². The van der Waals surface area contributed by atoms with Crippen molar-refractivity contribution in [3.05, 3.63) is 29.0 Å². The van der Waals surface area contributed by atoms with E-state index in [1.807, 2.05) is 0 Å². The van der Waals surface area contributed by atoms with Crippen LogP contribution in [0.3, 0.4) is 0 Å². The first kappa shape index (κ1) is 14.8. The molecule has 20 heavy (non-hydrogen) atoms. The summed E-state index contributed by atoms with van der Waals surface area (Å²) in [6.07, 6.45) is 6.38. The summed E-state index contributed by atoms with van der Waals surface area (Å²) in [6.45, 7) is 0.655. The topological polar surface area (TPSA) is 70.5 Å². The third kappa shape index (κ3) is 3.48. The van der Waals surface area contributed by atoms with Crippen LogP contribution in [0, 0.1) is 0 Å². The quantitative estimate of drug-likeness (QED) is 0.927. The Balaban J connectivity index is 2.13. The van der Waals surface area contributed by atoms with E-state index in [0.29, 0.717) is 23.6 Å². The summed E-state index contributed by atoms with van der Waals surface area (Å²) < 4.78 is 0. The molecule has 1 aliphatic heterocycles. The Hall–Kier alpha value is -1.62. The van der Waals surface area contributed by atoms with Crippen LogP contribution in [-0.4, -0.2) is 39.5 Å². The number of amides is 1. The molecule has 2 heterocycles. The number of nitrogens with zero attached hydrogens (tertiary/aromatic N) is 2. The fourth-order valence-corrected chi connectivity index (χ4v) is 2.76. The molecule has 0 aromatic carbocycles. The second-order valence-electron chi connectivity index (χ2n) is 4.94. The fraction of sp³-hybridized carbons (Fsp3) is 0.500. The summed E-state index contributed by atoms with van der Waals surface area (Å²) >= 11 is 6.01. The lowest BCUT2D eigenvalue weighted by Crippen LogP contribution is -2.44. The number of carboxylic acid groups (broad SMARTS) is 1. The van der Waals surface area contributed by atoms with E-state index in [-0.39, 0.29) is 18.4 Å². The van der Waals surface area contributed by atoms with Gasteiger partial charge < -0.3 is 10.0 Å². The van der Waals surface area contributed by atoms with Crippen molar-refractivity contribution in [2.45, 2.75) is 38.1 Å². The number of likely N-dealkylation sites (tertiary alicyclic amines) is 1. The summed E-state index contributed by atoms with van der Waals surface area (Å²) in [5, 5.41) is 9.13. The maximum Gasteiger partial charge on any atom is 0.303 e. The number of carbonyl (C=O) groups is 2. The molecule has 1 N–H and O–H groups in total. The van der Waals surface area contributed by atoms with E-state index in [1.54, 1.807) is 11.0 Å². The van der Waals surface area contributed by atoms with E-state index < -0.39 is 5.97 Å². The Morgan fingerprint density at radius 2 is 2.25 bits per heavy atom. The molecule has 5 nitrogen and oxygen atoms in total. The molecule has 1 atom stereocenters. The van der Waals surface area contributed by atoms with Crippen LogP contribution >= 0.6 is 11.6 Å². The fourth-order valence-electron chi connectivity index (χ4n) is 2.56. The summed E-state index contributed by atoms with van der Waals surface area (Å²) in [7, 11) is 0. The molecule has 0 radical (unpaired) electrons. The van der Waals surface area contributed by atoms with Gasteiger partial charge in [0, 0.05) is 31.4 Å². The monoisotopic (exact) mass is 296 g/mol. The van der Waals surface area contributed by atoms with Gasteiger partial charge in [0.05, 0.1) is 10.6 Å². The maximum atomic E-state index is 12.5. The van der Waals surface area contributed by atoms with Gasteiger partial charge in [-0.25, -0.2) is 0 Å². The minimum absolute atomic E-state index is 0.0171. The van der Waals surface area contributed by atoms with Gasteiger partial charge in [-0.3, -0.25) is 14.6 Å². The van der Waals surface area contributed by atoms with Gasteiger partial charge in [0.25, 0.3) is 5.91 Å². The molecule has 1 fully saturated rings. The van der Waals surface area contributed by atoms with Crippen molar-refractivity contribution >= 4 is 23.5 Å². The highest BCUT2D eigenvalue weighted by molar-refractivity contribution is 6.33. The standard InChI is InChI=1S/C14H17ClN2O3/c15-12-9-16-7-6-11(12)14(20)17-8-2-1-3-10(17)4-5-13(18)19/h6-7,9-10H,1-5,8H2,(H,18,19). The Morgan fingerprint density at radius 3 is 2.95 bits per heavy atom. The lowest BCUT2D eigenvalue weighted by molar-refractivity contribution is -0.137. The number of rotatable bonds is 4. The van der Waals surface area contributed by atoms with Gasteiger partial charge in [-0.1, -0.05) is 11.6 Å². The largest absolute Gasteiger partial charge is 0.481 e. The summed E-state index contributed by atoms with van der Waals surface area (Å²) in [6, 6.07) is 1.59. The van der Waals surface area contributed by atoms with Crippen molar-refractivity contribution in [2.75, 3.05) is 6.54 Å². The average molecular weight is 297 g/mol. The second kappa shape index (κ2) is 6.70. The summed E-state index contributed by atoms with van der Waals surface area (Å²) in [4.78, 5) is 28.9. The van der Waals surface area contributed by atoms with Crippen molar-refractivity contribution in [1.29, 1.82) is 0 Å². The highest BCUT2D eigenvalue weighted by atomic mass is 35.5. The van der Waals surface area contributed by atoms with Crippen LogP contribution in [0.25, 0.3) is 0 Å². The number of aromatic nitrogens is 1. The smallest absolute Gasteiger partial charge is 0.303 e. The summed E-state index contributed by atoms with van der Waals surface area (Å²) in [5.41, 5.74) is 0.434. The first-order valence-electron chi connectivity index (χ1n) is 6.72. The van der Waals surface area contributed by atoms with Crippen molar-refractivity contribution in [1.82, 2.24) is 9.88 Å². The van der Waals surface area contributed by atoms with Crippen LogP contribution < -0.4 is 0 Å². The number of hydrogen-bond donors (Lipinski definition) is 1. The van der Waals surface area contributed by atoms with Gasteiger partial charge in [0.1, 0.15) is 0 Å². The molecule has 1 amide bonds. The Labute approximate surface area is 122 Å². The van der Waals surface area contributed by atoms with Crippen LogP contribution in [0.5, 0.6) is 0 Å². The van der Waals surface area contributed by atoms with Crippen LogP contribution in [0.1, 0.15) is 42.5 Å². The molecular weight excluding hydrogens is 280 g/mol. The minimum Gasteiger partial charge on any atom is -0.481 e. The third-order valence-electron chi connectivity index (χ3n) is 3.58. The first-order valence-corrected chi connectivity index (χ1v) is 7.09. The van der Waals surface area contributed by atoms with Gasteiger partial charge in [-0.15, -0.1) is 0 Å². The van der Waals surface area contributed by atoms with E-state index in [2.05, 4.69) is 4.98 Å². The van der Waals surface area contributed by atoms with Gasteiger partial charge in [-0.2, -0.15) is 0 Å². The Bertz CT molecular complexity index is 507. The molecular formula is C14H17ClN2O3. The van der Waals surface area contributed by atoms with Crippen molar-refractivity contribution in [3.8, 4) is 0 Å². The van der Waals surface area contributed by atoms with Gasteiger partial charge in [-0.05, 0) is 31.7 Å². The molecule has 0 aliphatic carbocycles. The van der Waals surface area contributed by atoms with E-state index >= 15 is 0 Å². The number of carbonyl (C=O) groups excluding carboxylic acids is 1. The third-order valence-corrected chi connectivity index (χ3v) is 3.88. The Kier molecular flexibility index (Phi) is 4.95. The van der Waals surface area contributed by atoms with Crippen LogP contribution in [0.4, 0.5) is 0 Å². The SMILES string of the molecule is O=C(O)CCC1CCCCN1C(=O)c1ccncc1Cl. The number of aliphatic carboxylic acids is 1. The van der Waals surface area contributed by atoms with Crippen LogP contribution in [0.2, 0.25) is 5.02 Å². The minimum atomic E-state index is -0.829. The van der Waals surface area contributed by atoms with Crippen LogP contribution in [-0.2, 0) is 4.79 Å². The van der Waals surface area contributed by atoms with Gasteiger partial charge in [0.15, 0.2) is 0 Å². The van der Waals surface area contributed by atoms with Gasteiger partial charge >= 0.3 is 5.97 Å². The molecule has 0 bridgehead atoms. The molecule has 1 unspecified atom stereocenters. The Morgan fingerprint density at radius 1 is 1.45 bits per heavy atom. The zero-order valence-electron chi connectivity index (χ0n) is 11.1. The van der Waals surface area contributed by atoms with E-state index in [1.165, 1.54) is 12.4 Å². The number of piperidine rings is 1. The summed E-state index contributed by atoms with van der Waals surface area (Å²) in [5.74, 6) is -0.961. The molecule has 0 saturated carbocycles. The molecule has 1 aromatic rings. The zero-order chi connectivity index (χ0) is 14.5. The highest BCUT2D eigenvalue weighted by Crippen LogP contribution is 2.25. The molecule has 2 rings (SSSR count). The first-order chi connectivity index (χ1) is 9.59. The van der Waals surface area contributed by atoms with E-state index in [9.17, 15) is 9.59 Å². The molecule has 1 aliphatic rings. The highest BCUT2D eigenvalue weighted by Gasteiger charge is 2.28. The molecule has 0 spiro atoms. The number of halogens is 1.